The number of nitrogens with zero attached hydrogens (tertiary/aromatic N) is 1. The predicted molar refractivity (Wildman–Crippen MR) is 121 cm³/mol. The van der Waals surface area contributed by atoms with Gasteiger partial charge in [0.1, 0.15) is 11.6 Å². The van der Waals surface area contributed by atoms with E-state index in [0.29, 0.717) is 18.5 Å². The third-order valence-electron chi connectivity index (χ3n) is 7.51. The fourth-order valence-corrected chi connectivity index (χ4v) is 5.95. The second kappa shape index (κ2) is 8.72. The molecule has 3 saturated heterocycles. The highest BCUT2D eigenvalue weighted by Crippen LogP contribution is 2.59. The van der Waals surface area contributed by atoms with Crippen LogP contribution in [0.5, 0.6) is 0 Å². The van der Waals surface area contributed by atoms with Gasteiger partial charge in [-0.15, -0.1) is 0 Å². The summed E-state index contributed by atoms with van der Waals surface area (Å²) >= 11 is 0. The molecule has 0 saturated carbocycles. The van der Waals surface area contributed by atoms with Crippen LogP contribution in [0, 0.1) is 31.6 Å². The fraction of sp³-hybridized carbons (Fsp3) is 0.640. The molecule has 2 bridgehead atoms. The van der Waals surface area contributed by atoms with Crippen LogP contribution < -0.4 is 5.32 Å². The molecule has 3 aliphatic rings. The Morgan fingerprint density at radius 2 is 2.06 bits per heavy atom. The van der Waals surface area contributed by atoms with E-state index in [1.165, 1.54) is 4.90 Å². The van der Waals surface area contributed by atoms with E-state index in [0.717, 1.165) is 11.1 Å². The van der Waals surface area contributed by atoms with Crippen LogP contribution in [0.4, 0.5) is 5.69 Å². The van der Waals surface area contributed by atoms with Crippen LogP contribution in [0.1, 0.15) is 44.7 Å². The number of aliphatic hydroxyl groups excluding tert-OH is 1. The molecule has 3 aliphatic heterocycles. The number of aryl methyl sites for hydroxylation is 2. The van der Waals surface area contributed by atoms with Crippen molar-refractivity contribution in [1.82, 2.24) is 4.90 Å². The van der Waals surface area contributed by atoms with Crippen LogP contribution >= 0.6 is 0 Å². The predicted octanol–water partition coefficient (Wildman–Crippen LogP) is 2.20. The van der Waals surface area contributed by atoms with E-state index in [-0.39, 0.29) is 30.9 Å². The van der Waals surface area contributed by atoms with Gasteiger partial charge < -0.3 is 24.8 Å². The minimum Gasteiger partial charge on any atom is -0.466 e. The minimum atomic E-state index is -1.11. The van der Waals surface area contributed by atoms with Gasteiger partial charge in [-0.25, -0.2) is 0 Å². The lowest BCUT2D eigenvalue weighted by molar-refractivity contribution is -0.155. The van der Waals surface area contributed by atoms with E-state index >= 15 is 0 Å². The number of fused-ring (bicyclic) bond motifs is 1. The summed E-state index contributed by atoms with van der Waals surface area (Å²) in [5, 5.41) is 13.2. The number of esters is 1. The van der Waals surface area contributed by atoms with E-state index < -0.39 is 41.6 Å². The number of rotatable bonds is 7. The maximum atomic E-state index is 13.8. The van der Waals surface area contributed by atoms with Crippen LogP contribution in [0.15, 0.2) is 18.2 Å². The molecule has 2 amide bonds. The second-order valence-electron chi connectivity index (χ2n) is 9.86. The summed E-state index contributed by atoms with van der Waals surface area (Å²) in [5.41, 5.74) is 1.47. The van der Waals surface area contributed by atoms with Crippen LogP contribution in [-0.2, 0) is 23.9 Å². The number of hydrogen-bond donors (Lipinski definition) is 2. The smallest absolute Gasteiger partial charge is 0.312 e. The molecule has 1 spiro atoms. The summed E-state index contributed by atoms with van der Waals surface area (Å²) in [6.07, 6.45) is 0.643. The summed E-state index contributed by atoms with van der Waals surface area (Å²) < 4.78 is 11.6. The Hall–Kier alpha value is -2.45. The first-order chi connectivity index (χ1) is 15.7. The normalized spacial score (nSPS) is 31.1. The highest BCUT2D eigenvalue weighted by atomic mass is 16.6. The number of hydrogen-bond acceptors (Lipinski definition) is 6. The Morgan fingerprint density at radius 1 is 1.33 bits per heavy atom. The molecule has 6 atom stereocenters. The van der Waals surface area contributed by atoms with Crippen molar-refractivity contribution in [2.24, 2.45) is 17.8 Å². The zero-order valence-corrected chi connectivity index (χ0v) is 20.0. The fourth-order valence-electron chi connectivity index (χ4n) is 5.95. The number of amides is 2. The maximum absolute atomic E-state index is 13.8. The molecule has 4 rings (SSSR count). The SMILES string of the molecule is CCOC(=O)[C@@H]1[C@H]2C(=O)N([C@@H](CO)C(C)C)[C@H](C(=O)Nc3cc(C)ccc3C)[C@]23CC[C@H]1O3. The van der Waals surface area contributed by atoms with E-state index in [4.69, 9.17) is 9.47 Å². The molecule has 8 nitrogen and oxygen atoms in total. The number of benzene rings is 1. The van der Waals surface area contributed by atoms with Gasteiger partial charge in [0.15, 0.2) is 0 Å². The van der Waals surface area contributed by atoms with Crippen molar-refractivity contribution >= 4 is 23.5 Å². The van der Waals surface area contributed by atoms with Crippen LogP contribution in [0.3, 0.4) is 0 Å². The molecule has 0 aromatic heterocycles. The molecule has 0 unspecified atom stereocenters. The lowest BCUT2D eigenvalue weighted by Gasteiger charge is -2.38. The lowest BCUT2D eigenvalue weighted by Crippen LogP contribution is -2.57. The number of aliphatic hydroxyl groups is 1. The summed E-state index contributed by atoms with van der Waals surface area (Å²) in [6, 6.07) is 4.28. The van der Waals surface area contributed by atoms with Crippen molar-refractivity contribution in [3.8, 4) is 0 Å². The first-order valence-electron chi connectivity index (χ1n) is 11.8. The largest absolute Gasteiger partial charge is 0.466 e. The first-order valence-corrected chi connectivity index (χ1v) is 11.8. The van der Waals surface area contributed by atoms with Crippen LogP contribution in [-0.4, -0.2) is 64.8 Å². The lowest BCUT2D eigenvalue weighted by atomic mass is 9.70. The molecular weight excluding hydrogens is 424 g/mol. The van der Waals surface area contributed by atoms with E-state index in [9.17, 15) is 19.5 Å². The topological polar surface area (TPSA) is 105 Å². The van der Waals surface area contributed by atoms with Gasteiger partial charge >= 0.3 is 5.97 Å². The van der Waals surface area contributed by atoms with Crippen molar-refractivity contribution in [2.45, 2.75) is 71.2 Å². The molecule has 0 radical (unpaired) electrons. The second-order valence-corrected chi connectivity index (χ2v) is 9.86. The minimum absolute atomic E-state index is 0.0941. The van der Waals surface area contributed by atoms with Gasteiger partial charge in [-0.2, -0.15) is 0 Å². The van der Waals surface area contributed by atoms with Crippen molar-refractivity contribution in [3.63, 3.8) is 0 Å². The zero-order valence-electron chi connectivity index (χ0n) is 20.0. The number of nitrogens with one attached hydrogen (secondary N) is 1. The Kier molecular flexibility index (Phi) is 6.26. The van der Waals surface area contributed by atoms with Gasteiger partial charge in [0.2, 0.25) is 11.8 Å². The molecule has 0 aliphatic carbocycles. The summed E-state index contributed by atoms with van der Waals surface area (Å²) in [5.74, 6) is -2.75. The molecule has 8 heteroatoms. The molecule has 3 heterocycles. The van der Waals surface area contributed by atoms with Gasteiger partial charge in [0.05, 0.1) is 37.2 Å². The summed E-state index contributed by atoms with van der Waals surface area (Å²) in [4.78, 5) is 42.0. The Bertz CT molecular complexity index is 962. The van der Waals surface area contributed by atoms with Gasteiger partial charge in [-0.1, -0.05) is 26.0 Å². The van der Waals surface area contributed by atoms with Crippen molar-refractivity contribution in [2.75, 3.05) is 18.5 Å². The molecule has 1 aromatic carbocycles. The Morgan fingerprint density at radius 3 is 2.70 bits per heavy atom. The number of likely N-dealkylation sites (tertiary alicyclic amines) is 1. The van der Waals surface area contributed by atoms with Crippen molar-refractivity contribution < 1.29 is 29.0 Å². The standard InChI is InChI=1S/C25H34N2O6/c1-6-32-24(31)19-18-9-10-25(33-18)20(19)23(30)27(17(12-28)13(2)3)21(25)22(29)26-16-11-14(4)7-8-15(16)5/h7-8,11,13,17-21,28H,6,9-10,12H2,1-5H3,(H,26,29)/t17-,18+,19-,20-,21+,25-/m0/s1. The third-order valence-corrected chi connectivity index (χ3v) is 7.51. The number of carbonyl (C=O) groups excluding carboxylic acids is 3. The van der Waals surface area contributed by atoms with Gasteiger partial charge in [-0.05, 0) is 56.7 Å². The number of ether oxygens (including phenoxy) is 2. The van der Waals surface area contributed by atoms with Gasteiger partial charge in [-0.3, -0.25) is 14.4 Å². The summed E-state index contributed by atoms with van der Waals surface area (Å²) in [6.45, 7) is 9.32. The quantitative estimate of drug-likeness (QED) is 0.607. The van der Waals surface area contributed by atoms with E-state index in [1.807, 2.05) is 45.9 Å². The average molecular weight is 459 g/mol. The average Bonchev–Trinajstić information content (AvgIpc) is 3.39. The van der Waals surface area contributed by atoms with Gasteiger partial charge in [0, 0.05) is 5.69 Å². The summed E-state index contributed by atoms with van der Waals surface area (Å²) in [7, 11) is 0. The Labute approximate surface area is 194 Å². The molecular formula is C25H34N2O6. The van der Waals surface area contributed by atoms with E-state index in [1.54, 1.807) is 6.92 Å². The highest BCUT2D eigenvalue weighted by Gasteiger charge is 2.75. The maximum Gasteiger partial charge on any atom is 0.312 e. The number of anilines is 1. The Balaban J connectivity index is 1.77. The molecule has 1 aromatic rings. The molecule has 33 heavy (non-hydrogen) atoms. The molecule has 180 valence electrons. The van der Waals surface area contributed by atoms with Crippen molar-refractivity contribution in [1.29, 1.82) is 0 Å². The number of carbonyl (C=O) groups is 3. The van der Waals surface area contributed by atoms with Crippen molar-refractivity contribution in [3.05, 3.63) is 29.3 Å². The monoisotopic (exact) mass is 458 g/mol. The zero-order chi connectivity index (χ0) is 24.1. The van der Waals surface area contributed by atoms with Crippen LogP contribution in [0.2, 0.25) is 0 Å². The molecule has 2 N–H and O–H groups in total. The van der Waals surface area contributed by atoms with Crippen LogP contribution in [0.25, 0.3) is 0 Å². The van der Waals surface area contributed by atoms with Gasteiger partial charge in [0.25, 0.3) is 0 Å². The highest BCUT2D eigenvalue weighted by molar-refractivity contribution is 6.03. The third kappa shape index (κ3) is 3.64. The van der Waals surface area contributed by atoms with E-state index in [2.05, 4.69) is 5.32 Å². The molecule has 3 fully saturated rings. The first kappa shape index (κ1) is 23.7.